The van der Waals surface area contributed by atoms with Gasteiger partial charge in [0.1, 0.15) is 23.4 Å². The summed E-state index contributed by atoms with van der Waals surface area (Å²) in [6, 6.07) is 13.2. The number of anilines is 2. The molecule has 1 amide bonds. The van der Waals surface area contributed by atoms with E-state index in [0.29, 0.717) is 54.0 Å². The Hall–Kier alpha value is -3.50. The summed E-state index contributed by atoms with van der Waals surface area (Å²) in [5.74, 6) is 1.13. The van der Waals surface area contributed by atoms with Crippen molar-refractivity contribution in [3.05, 3.63) is 64.5 Å². The van der Waals surface area contributed by atoms with Gasteiger partial charge in [0, 0.05) is 54.2 Å². The van der Waals surface area contributed by atoms with Crippen LogP contribution in [0.5, 0.6) is 11.5 Å². The SMILES string of the molecule is CC(C)(C)OC(=O)N1CCN(c2cc(Br)c(N)c(-c3ccc(Oc4ccn5ncnc5c4)c(Cl)c3)c2)CC1. The average molecular weight is 600 g/mol. The van der Waals surface area contributed by atoms with Crippen molar-refractivity contribution in [1.82, 2.24) is 19.5 Å². The molecule has 0 unspecified atom stereocenters. The van der Waals surface area contributed by atoms with Gasteiger partial charge in [-0.15, -0.1) is 0 Å². The smallest absolute Gasteiger partial charge is 0.410 e. The Bertz CT molecular complexity index is 1490. The lowest BCUT2D eigenvalue weighted by Crippen LogP contribution is -2.50. The number of hydrogen-bond donors (Lipinski definition) is 1. The minimum atomic E-state index is -0.516. The molecule has 3 heterocycles. The van der Waals surface area contributed by atoms with Crippen LogP contribution in [-0.4, -0.2) is 57.4 Å². The van der Waals surface area contributed by atoms with Gasteiger partial charge in [0.2, 0.25) is 0 Å². The number of carbonyl (C=O) groups is 1. The third-order valence-electron chi connectivity index (χ3n) is 6.13. The summed E-state index contributed by atoms with van der Waals surface area (Å²) in [4.78, 5) is 20.6. The van der Waals surface area contributed by atoms with E-state index in [4.69, 9.17) is 26.8 Å². The van der Waals surface area contributed by atoms with Crippen LogP contribution in [-0.2, 0) is 4.74 Å². The molecular weight excluding hydrogens is 572 g/mol. The van der Waals surface area contributed by atoms with Crippen molar-refractivity contribution in [2.75, 3.05) is 36.8 Å². The predicted molar refractivity (Wildman–Crippen MR) is 152 cm³/mol. The number of nitrogens with zero attached hydrogens (tertiary/aromatic N) is 5. The highest BCUT2D eigenvalue weighted by Crippen LogP contribution is 2.40. The van der Waals surface area contributed by atoms with E-state index in [0.717, 1.165) is 21.3 Å². The zero-order valence-corrected chi connectivity index (χ0v) is 23.7. The number of piperazine rings is 1. The van der Waals surface area contributed by atoms with Crippen molar-refractivity contribution in [3.63, 3.8) is 0 Å². The first-order valence-corrected chi connectivity index (χ1v) is 13.3. The molecule has 0 atom stereocenters. The fourth-order valence-corrected chi connectivity index (χ4v) is 4.90. The van der Waals surface area contributed by atoms with Crippen LogP contribution >= 0.6 is 27.5 Å². The lowest BCUT2D eigenvalue weighted by Gasteiger charge is -2.37. The van der Waals surface area contributed by atoms with Gasteiger partial charge in [-0.1, -0.05) is 17.7 Å². The molecule has 1 saturated heterocycles. The summed E-state index contributed by atoms with van der Waals surface area (Å²) < 4.78 is 14.0. The maximum Gasteiger partial charge on any atom is 0.410 e. The number of benzene rings is 2. The van der Waals surface area contributed by atoms with Crippen molar-refractivity contribution < 1.29 is 14.3 Å². The summed E-state index contributed by atoms with van der Waals surface area (Å²) in [7, 11) is 0. The number of fused-ring (bicyclic) bond motifs is 1. The molecule has 1 aliphatic rings. The van der Waals surface area contributed by atoms with Gasteiger partial charge in [0.15, 0.2) is 5.65 Å². The highest BCUT2D eigenvalue weighted by atomic mass is 79.9. The molecule has 4 aromatic rings. The van der Waals surface area contributed by atoms with Gasteiger partial charge in [-0.2, -0.15) is 5.10 Å². The molecule has 1 fully saturated rings. The molecule has 0 saturated carbocycles. The number of halogens is 2. The van der Waals surface area contributed by atoms with E-state index >= 15 is 0 Å². The number of hydrogen-bond acceptors (Lipinski definition) is 7. The largest absolute Gasteiger partial charge is 0.456 e. The topological polar surface area (TPSA) is 98.2 Å². The van der Waals surface area contributed by atoms with Gasteiger partial charge in [-0.05, 0) is 72.6 Å². The fraction of sp³-hybridized carbons (Fsp3) is 0.296. The van der Waals surface area contributed by atoms with Crippen LogP contribution in [0.4, 0.5) is 16.2 Å². The Balaban J connectivity index is 1.33. The lowest BCUT2D eigenvalue weighted by atomic mass is 10.0. The molecule has 0 radical (unpaired) electrons. The number of nitrogen functional groups attached to an aromatic ring is 1. The molecule has 1 aliphatic heterocycles. The van der Waals surface area contributed by atoms with E-state index in [9.17, 15) is 4.79 Å². The van der Waals surface area contributed by atoms with Crippen LogP contribution in [0.15, 0.2) is 59.5 Å². The van der Waals surface area contributed by atoms with E-state index in [1.54, 1.807) is 27.7 Å². The molecule has 0 spiro atoms. The fourth-order valence-electron chi connectivity index (χ4n) is 4.24. The van der Waals surface area contributed by atoms with Crippen LogP contribution < -0.4 is 15.4 Å². The second kappa shape index (κ2) is 10.3. The number of pyridine rings is 1. The lowest BCUT2D eigenvalue weighted by molar-refractivity contribution is 0.0240. The van der Waals surface area contributed by atoms with E-state index in [-0.39, 0.29) is 6.09 Å². The Morgan fingerprint density at radius 3 is 2.55 bits per heavy atom. The van der Waals surface area contributed by atoms with Crippen molar-refractivity contribution in [3.8, 4) is 22.6 Å². The number of aromatic nitrogens is 3. The number of carbonyl (C=O) groups excluding carboxylic acids is 1. The maximum absolute atomic E-state index is 12.4. The van der Waals surface area contributed by atoms with E-state index in [2.05, 4.69) is 37.0 Å². The van der Waals surface area contributed by atoms with Gasteiger partial charge in [-0.25, -0.2) is 14.3 Å². The number of rotatable bonds is 4. The predicted octanol–water partition coefficient (Wildman–Crippen LogP) is 6.24. The molecule has 9 nitrogen and oxygen atoms in total. The summed E-state index contributed by atoms with van der Waals surface area (Å²) in [5, 5.41) is 4.55. The zero-order chi connectivity index (χ0) is 27.0. The molecule has 2 aromatic carbocycles. The molecule has 11 heteroatoms. The van der Waals surface area contributed by atoms with Crippen molar-refractivity contribution in [2.45, 2.75) is 26.4 Å². The molecular formula is C27H28BrClN6O3. The van der Waals surface area contributed by atoms with E-state index < -0.39 is 5.60 Å². The van der Waals surface area contributed by atoms with Crippen molar-refractivity contribution in [1.29, 1.82) is 0 Å². The Kier molecular flexibility index (Phi) is 7.11. The van der Waals surface area contributed by atoms with Crippen LogP contribution in [0.1, 0.15) is 20.8 Å². The molecule has 5 rings (SSSR count). The summed E-state index contributed by atoms with van der Waals surface area (Å²) in [6.45, 7) is 8.12. The van der Waals surface area contributed by atoms with E-state index in [1.165, 1.54) is 6.33 Å². The zero-order valence-electron chi connectivity index (χ0n) is 21.3. The van der Waals surface area contributed by atoms with Crippen LogP contribution in [0.3, 0.4) is 0 Å². The van der Waals surface area contributed by atoms with Crippen LogP contribution in [0.2, 0.25) is 5.02 Å². The van der Waals surface area contributed by atoms with E-state index in [1.807, 2.05) is 45.0 Å². The number of amides is 1. The first-order valence-electron chi connectivity index (χ1n) is 12.2. The Morgan fingerprint density at radius 1 is 1.08 bits per heavy atom. The Labute approximate surface area is 234 Å². The minimum absolute atomic E-state index is 0.283. The number of ether oxygens (including phenoxy) is 2. The maximum atomic E-state index is 12.4. The molecule has 2 N–H and O–H groups in total. The van der Waals surface area contributed by atoms with Gasteiger partial charge in [0.05, 0.1) is 10.7 Å². The van der Waals surface area contributed by atoms with Gasteiger partial charge >= 0.3 is 6.09 Å². The van der Waals surface area contributed by atoms with Gasteiger partial charge < -0.3 is 25.0 Å². The highest BCUT2D eigenvalue weighted by molar-refractivity contribution is 9.10. The number of nitrogens with two attached hydrogens (primary N) is 1. The normalized spacial score (nSPS) is 14.1. The average Bonchev–Trinajstić information content (AvgIpc) is 3.34. The second-order valence-electron chi connectivity index (χ2n) is 10.0. The van der Waals surface area contributed by atoms with Gasteiger partial charge in [0.25, 0.3) is 0 Å². The summed E-state index contributed by atoms with van der Waals surface area (Å²) in [5.41, 5.74) is 9.95. The molecule has 2 aromatic heterocycles. The molecule has 198 valence electrons. The standard InChI is InChI=1S/C27H28BrClN6O3/c1-27(2,3)38-26(36)34-10-8-33(9-11-34)18-13-20(25(30)21(28)14-18)17-4-5-23(22(29)12-17)37-19-6-7-35-24(15-19)31-16-32-35/h4-7,12-16H,8-11,30H2,1-3H3. The Morgan fingerprint density at radius 2 is 1.84 bits per heavy atom. The summed E-state index contributed by atoms with van der Waals surface area (Å²) in [6.07, 6.45) is 2.98. The molecule has 38 heavy (non-hydrogen) atoms. The summed E-state index contributed by atoms with van der Waals surface area (Å²) >= 11 is 10.2. The third-order valence-corrected chi connectivity index (χ3v) is 7.09. The first-order chi connectivity index (χ1) is 18.1. The minimum Gasteiger partial charge on any atom is -0.456 e. The second-order valence-corrected chi connectivity index (χ2v) is 11.3. The van der Waals surface area contributed by atoms with Crippen molar-refractivity contribution >= 4 is 50.6 Å². The quantitative estimate of drug-likeness (QED) is 0.277. The monoisotopic (exact) mass is 598 g/mol. The highest BCUT2D eigenvalue weighted by Gasteiger charge is 2.26. The van der Waals surface area contributed by atoms with Crippen LogP contribution in [0, 0.1) is 0 Å². The molecule has 0 bridgehead atoms. The van der Waals surface area contributed by atoms with Gasteiger partial charge in [-0.3, -0.25) is 0 Å². The molecule has 0 aliphatic carbocycles. The van der Waals surface area contributed by atoms with Crippen molar-refractivity contribution in [2.24, 2.45) is 0 Å². The third kappa shape index (κ3) is 5.66. The first kappa shape index (κ1) is 26.1. The van der Waals surface area contributed by atoms with Crippen LogP contribution in [0.25, 0.3) is 16.8 Å².